The number of phenols is 1. The zero-order chi connectivity index (χ0) is 13.3. The van der Waals surface area contributed by atoms with Crippen LogP contribution in [-0.4, -0.2) is 16.2 Å². The van der Waals surface area contributed by atoms with Gasteiger partial charge >= 0.3 is 5.97 Å². The van der Waals surface area contributed by atoms with E-state index in [0.29, 0.717) is 5.02 Å². The first-order valence-corrected chi connectivity index (χ1v) is 5.38. The highest BCUT2D eigenvalue weighted by Crippen LogP contribution is 2.33. The Morgan fingerprint density at radius 1 is 1.11 bits per heavy atom. The molecule has 2 aromatic rings. The number of carbonyl (C=O) groups is 1. The molecule has 0 heterocycles. The number of rotatable bonds is 2. The van der Waals surface area contributed by atoms with Crippen LogP contribution in [0.15, 0.2) is 36.4 Å². The van der Waals surface area contributed by atoms with Crippen molar-refractivity contribution in [2.75, 3.05) is 0 Å². The standard InChI is InChI=1S/C13H8ClFO3/c14-7-1-3-10(13(17)18)11(5-7)9-4-2-8(15)6-12(9)16/h1-6,16H,(H,17,18). The fraction of sp³-hybridized carbons (Fsp3) is 0. The monoisotopic (exact) mass is 266 g/mol. The highest BCUT2D eigenvalue weighted by atomic mass is 35.5. The molecule has 0 aromatic heterocycles. The molecule has 0 fully saturated rings. The Morgan fingerprint density at radius 2 is 1.83 bits per heavy atom. The molecule has 0 aliphatic rings. The largest absolute Gasteiger partial charge is 0.507 e. The zero-order valence-corrected chi connectivity index (χ0v) is 9.78. The van der Waals surface area contributed by atoms with Gasteiger partial charge in [-0.25, -0.2) is 9.18 Å². The van der Waals surface area contributed by atoms with E-state index in [0.717, 1.165) is 12.1 Å². The zero-order valence-electron chi connectivity index (χ0n) is 9.02. The van der Waals surface area contributed by atoms with Crippen LogP contribution in [0.2, 0.25) is 5.02 Å². The van der Waals surface area contributed by atoms with Crippen LogP contribution in [0.5, 0.6) is 5.75 Å². The van der Waals surface area contributed by atoms with Crippen molar-refractivity contribution in [3.05, 3.63) is 52.8 Å². The van der Waals surface area contributed by atoms with Crippen molar-refractivity contribution >= 4 is 17.6 Å². The van der Waals surface area contributed by atoms with E-state index in [2.05, 4.69) is 0 Å². The Morgan fingerprint density at radius 3 is 2.44 bits per heavy atom. The third-order valence-electron chi connectivity index (χ3n) is 2.46. The van der Waals surface area contributed by atoms with Crippen molar-refractivity contribution in [3.63, 3.8) is 0 Å². The predicted octanol–water partition coefficient (Wildman–Crippen LogP) is 3.55. The van der Waals surface area contributed by atoms with Gasteiger partial charge in [0, 0.05) is 22.2 Å². The second-order valence-corrected chi connectivity index (χ2v) is 4.09. The van der Waals surface area contributed by atoms with E-state index >= 15 is 0 Å². The van der Waals surface area contributed by atoms with E-state index in [4.69, 9.17) is 16.7 Å². The maximum absolute atomic E-state index is 12.9. The second kappa shape index (κ2) is 4.66. The number of hydrogen-bond acceptors (Lipinski definition) is 2. The summed E-state index contributed by atoms with van der Waals surface area (Å²) in [6.45, 7) is 0. The maximum Gasteiger partial charge on any atom is 0.336 e. The molecule has 0 unspecified atom stereocenters. The number of hydrogen-bond donors (Lipinski definition) is 2. The summed E-state index contributed by atoms with van der Waals surface area (Å²) in [5, 5.41) is 19.1. The summed E-state index contributed by atoms with van der Waals surface area (Å²) in [5.41, 5.74) is 0.449. The van der Waals surface area contributed by atoms with E-state index in [1.54, 1.807) is 0 Å². The van der Waals surface area contributed by atoms with E-state index in [-0.39, 0.29) is 22.4 Å². The molecule has 2 N–H and O–H groups in total. The number of aromatic hydroxyl groups is 1. The maximum atomic E-state index is 12.9. The highest BCUT2D eigenvalue weighted by molar-refractivity contribution is 6.31. The van der Waals surface area contributed by atoms with Gasteiger partial charge in [0.25, 0.3) is 0 Å². The molecule has 2 aromatic carbocycles. The molecule has 0 aliphatic heterocycles. The van der Waals surface area contributed by atoms with Gasteiger partial charge < -0.3 is 10.2 Å². The van der Waals surface area contributed by atoms with Crippen LogP contribution in [0.3, 0.4) is 0 Å². The van der Waals surface area contributed by atoms with Crippen LogP contribution in [0.1, 0.15) is 10.4 Å². The van der Waals surface area contributed by atoms with E-state index in [1.165, 1.54) is 24.3 Å². The molecular weight excluding hydrogens is 259 g/mol. The second-order valence-electron chi connectivity index (χ2n) is 3.66. The van der Waals surface area contributed by atoms with Gasteiger partial charge in [0.1, 0.15) is 11.6 Å². The smallest absolute Gasteiger partial charge is 0.336 e. The first kappa shape index (κ1) is 12.4. The Balaban J connectivity index is 2.69. The summed E-state index contributed by atoms with van der Waals surface area (Å²) in [7, 11) is 0. The first-order chi connectivity index (χ1) is 8.49. The summed E-state index contributed by atoms with van der Waals surface area (Å²) < 4.78 is 12.9. The van der Waals surface area contributed by atoms with Crippen LogP contribution in [-0.2, 0) is 0 Å². The molecule has 0 spiro atoms. The van der Waals surface area contributed by atoms with E-state index < -0.39 is 11.8 Å². The average Bonchev–Trinajstić information content (AvgIpc) is 2.28. The molecule has 5 heteroatoms. The number of aromatic carboxylic acids is 1. The lowest BCUT2D eigenvalue weighted by Crippen LogP contribution is -1.99. The van der Waals surface area contributed by atoms with Crippen molar-refractivity contribution in [2.24, 2.45) is 0 Å². The Hall–Kier alpha value is -2.07. The van der Waals surface area contributed by atoms with Crippen molar-refractivity contribution < 1.29 is 19.4 Å². The van der Waals surface area contributed by atoms with Gasteiger partial charge in [-0.3, -0.25) is 0 Å². The Kier molecular flexibility index (Phi) is 3.21. The molecule has 0 radical (unpaired) electrons. The lowest BCUT2D eigenvalue weighted by Gasteiger charge is -2.09. The first-order valence-electron chi connectivity index (χ1n) is 5.01. The molecule has 0 aliphatic carbocycles. The summed E-state index contributed by atoms with van der Waals surface area (Å²) in [6, 6.07) is 7.56. The topological polar surface area (TPSA) is 57.5 Å². The molecule has 0 saturated carbocycles. The average molecular weight is 267 g/mol. The third-order valence-corrected chi connectivity index (χ3v) is 2.70. The van der Waals surface area contributed by atoms with Crippen LogP contribution in [0, 0.1) is 5.82 Å². The molecule has 0 bridgehead atoms. The fourth-order valence-electron chi connectivity index (χ4n) is 1.66. The molecule has 3 nitrogen and oxygen atoms in total. The highest BCUT2D eigenvalue weighted by Gasteiger charge is 2.15. The van der Waals surface area contributed by atoms with Crippen LogP contribution < -0.4 is 0 Å². The predicted molar refractivity (Wildman–Crippen MR) is 65.5 cm³/mol. The van der Waals surface area contributed by atoms with Crippen molar-refractivity contribution in [2.45, 2.75) is 0 Å². The van der Waals surface area contributed by atoms with Crippen molar-refractivity contribution in [3.8, 4) is 16.9 Å². The molecule has 0 atom stereocenters. The third kappa shape index (κ3) is 2.28. The molecule has 0 saturated heterocycles. The lowest BCUT2D eigenvalue weighted by atomic mass is 9.99. The van der Waals surface area contributed by atoms with Gasteiger partial charge in [0.2, 0.25) is 0 Å². The summed E-state index contributed by atoms with van der Waals surface area (Å²) >= 11 is 5.81. The molecule has 0 amide bonds. The molecule has 2 rings (SSSR count). The van der Waals surface area contributed by atoms with Gasteiger partial charge in [-0.1, -0.05) is 11.6 Å². The number of halogens is 2. The van der Waals surface area contributed by atoms with Crippen molar-refractivity contribution in [1.82, 2.24) is 0 Å². The Labute approximate surface area is 107 Å². The van der Waals surface area contributed by atoms with E-state index in [1.807, 2.05) is 0 Å². The summed E-state index contributed by atoms with van der Waals surface area (Å²) in [5.74, 6) is -2.08. The van der Waals surface area contributed by atoms with Gasteiger partial charge in [0.15, 0.2) is 0 Å². The molecule has 92 valence electrons. The van der Waals surface area contributed by atoms with Crippen LogP contribution in [0.4, 0.5) is 4.39 Å². The van der Waals surface area contributed by atoms with Gasteiger partial charge in [0.05, 0.1) is 5.56 Å². The van der Waals surface area contributed by atoms with E-state index in [9.17, 15) is 14.3 Å². The minimum Gasteiger partial charge on any atom is -0.507 e. The van der Waals surface area contributed by atoms with Gasteiger partial charge in [-0.05, 0) is 30.3 Å². The van der Waals surface area contributed by atoms with Gasteiger partial charge in [-0.2, -0.15) is 0 Å². The minimum atomic E-state index is -1.15. The Bertz CT molecular complexity index is 626. The molecular formula is C13H8ClFO3. The fourth-order valence-corrected chi connectivity index (χ4v) is 1.83. The number of carboxylic acid groups (broad SMARTS) is 1. The number of phenolic OH excluding ortho intramolecular Hbond substituents is 1. The van der Waals surface area contributed by atoms with Crippen LogP contribution >= 0.6 is 11.6 Å². The number of carboxylic acids is 1. The summed E-state index contributed by atoms with van der Waals surface area (Å²) in [4.78, 5) is 11.1. The van der Waals surface area contributed by atoms with Gasteiger partial charge in [-0.15, -0.1) is 0 Å². The number of benzene rings is 2. The van der Waals surface area contributed by atoms with Crippen LogP contribution in [0.25, 0.3) is 11.1 Å². The SMILES string of the molecule is O=C(O)c1ccc(Cl)cc1-c1ccc(F)cc1O. The minimum absolute atomic E-state index is 0.0127. The summed E-state index contributed by atoms with van der Waals surface area (Å²) in [6.07, 6.45) is 0. The lowest BCUT2D eigenvalue weighted by molar-refractivity contribution is 0.0698. The molecule has 18 heavy (non-hydrogen) atoms. The normalized spacial score (nSPS) is 10.3. The van der Waals surface area contributed by atoms with Crippen molar-refractivity contribution in [1.29, 1.82) is 0 Å². The quantitative estimate of drug-likeness (QED) is 0.874.